The zero-order chi connectivity index (χ0) is 15.7. The van der Waals surface area contributed by atoms with Crippen molar-refractivity contribution < 1.29 is 23.1 Å². The van der Waals surface area contributed by atoms with Crippen LogP contribution < -0.4 is 5.32 Å². The molecule has 2 rings (SSSR count). The Morgan fingerprint density at radius 3 is 2.62 bits per heavy atom. The fraction of sp³-hybridized carbons (Fsp3) is 0.846. The first-order chi connectivity index (χ1) is 9.74. The lowest BCUT2D eigenvalue weighted by molar-refractivity contribution is -0.146. The van der Waals surface area contributed by atoms with Gasteiger partial charge in [-0.3, -0.25) is 9.59 Å². The van der Waals surface area contributed by atoms with Gasteiger partial charge in [0, 0.05) is 6.54 Å². The minimum atomic E-state index is -3.32. The van der Waals surface area contributed by atoms with Crippen LogP contribution in [-0.4, -0.2) is 54.1 Å². The molecule has 7 nitrogen and oxygen atoms in total. The van der Waals surface area contributed by atoms with E-state index in [9.17, 15) is 23.1 Å². The Balaban J connectivity index is 2.02. The largest absolute Gasteiger partial charge is 0.481 e. The molecule has 2 fully saturated rings. The highest BCUT2D eigenvalue weighted by Gasteiger charge is 2.42. The van der Waals surface area contributed by atoms with E-state index in [2.05, 4.69) is 5.32 Å². The van der Waals surface area contributed by atoms with Crippen LogP contribution in [0.3, 0.4) is 0 Å². The monoisotopic (exact) mass is 318 g/mol. The maximum Gasteiger partial charge on any atom is 0.308 e. The number of carbonyl (C=O) groups is 2. The fourth-order valence-electron chi connectivity index (χ4n) is 3.27. The van der Waals surface area contributed by atoms with Crippen LogP contribution in [0.4, 0.5) is 0 Å². The topological polar surface area (TPSA) is 104 Å². The van der Waals surface area contributed by atoms with Crippen molar-refractivity contribution in [1.29, 1.82) is 0 Å². The van der Waals surface area contributed by atoms with Gasteiger partial charge in [0.25, 0.3) is 0 Å². The van der Waals surface area contributed by atoms with Crippen LogP contribution in [0.25, 0.3) is 0 Å². The molecule has 0 aromatic carbocycles. The summed E-state index contributed by atoms with van der Waals surface area (Å²) in [5, 5.41) is 12.1. The molecule has 0 spiro atoms. The predicted octanol–water partition coefficient (Wildman–Crippen LogP) is 0.172. The number of hydrogen-bond acceptors (Lipinski definition) is 4. The quantitative estimate of drug-likeness (QED) is 0.769. The third-order valence-corrected chi connectivity index (χ3v) is 6.36. The van der Waals surface area contributed by atoms with Crippen LogP contribution in [-0.2, 0) is 19.6 Å². The average Bonchev–Trinajstić information content (AvgIpc) is 2.68. The molecule has 2 aliphatic rings. The number of carboxylic acid groups (broad SMARTS) is 1. The molecule has 120 valence electrons. The zero-order valence-electron chi connectivity index (χ0n) is 12.2. The predicted molar refractivity (Wildman–Crippen MR) is 76.1 cm³/mol. The van der Waals surface area contributed by atoms with Crippen LogP contribution in [0, 0.1) is 5.92 Å². The summed E-state index contributed by atoms with van der Waals surface area (Å²) < 4.78 is 24.6. The maximum atomic E-state index is 12.1. The van der Waals surface area contributed by atoms with Gasteiger partial charge in [-0.25, -0.2) is 8.42 Å². The van der Waals surface area contributed by atoms with Crippen molar-refractivity contribution in [3.63, 3.8) is 0 Å². The Morgan fingerprint density at radius 2 is 2.05 bits per heavy atom. The van der Waals surface area contributed by atoms with Gasteiger partial charge in [0.05, 0.1) is 23.8 Å². The molecule has 0 aromatic rings. The minimum absolute atomic E-state index is 0.0787. The van der Waals surface area contributed by atoms with Crippen molar-refractivity contribution in [3.05, 3.63) is 0 Å². The summed E-state index contributed by atoms with van der Waals surface area (Å²) in [7, 11) is -3.32. The molecule has 2 unspecified atom stereocenters. The van der Waals surface area contributed by atoms with E-state index in [-0.39, 0.29) is 12.3 Å². The van der Waals surface area contributed by atoms with Crippen molar-refractivity contribution in [2.24, 2.45) is 5.92 Å². The summed E-state index contributed by atoms with van der Waals surface area (Å²) in [6.45, 7) is 1.88. The lowest BCUT2D eigenvalue weighted by Crippen LogP contribution is -2.57. The van der Waals surface area contributed by atoms with Crippen LogP contribution in [0.1, 0.15) is 39.0 Å². The van der Waals surface area contributed by atoms with Crippen LogP contribution in [0.5, 0.6) is 0 Å². The molecule has 2 N–H and O–H groups in total. The Labute approximate surface area is 124 Å². The van der Waals surface area contributed by atoms with Crippen molar-refractivity contribution >= 4 is 21.9 Å². The van der Waals surface area contributed by atoms with E-state index in [1.807, 2.05) is 0 Å². The SMILES string of the molecule is CC1(NC(=O)CN2CCCS2(=O)=O)CCCCC1C(=O)O. The van der Waals surface area contributed by atoms with E-state index < -0.39 is 33.4 Å². The first kappa shape index (κ1) is 16.2. The molecule has 0 radical (unpaired) electrons. The van der Waals surface area contributed by atoms with Gasteiger partial charge in [0.2, 0.25) is 15.9 Å². The molecule has 0 aromatic heterocycles. The van der Waals surface area contributed by atoms with E-state index >= 15 is 0 Å². The summed E-state index contributed by atoms with van der Waals surface area (Å²) in [6, 6.07) is 0. The molecule has 1 saturated carbocycles. The number of hydrogen-bond donors (Lipinski definition) is 2. The Kier molecular flexibility index (Phi) is 4.57. The van der Waals surface area contributed by atoms with Gasteiger partial charge in [-0.15, -0.1) is 0 Å². The standard InChI is InChI=1S/C13H22N2O5S/c1-13(6-3-2-5-10(13)12(17)18)14-11(16)9-15-7-4-8-21(15,19)20/h10H,2-9H2,1H3,(H,14,16)(H,17,18). The molecule has 0 bridgehead atoms. The molecule has 1 saturated heterocycles. The van der Waals surface area contributed by atoms with Crippen molar-refractivity contribution in [2.45, 2.75) is 44.6 Å². The summed E-state index contributed by atoms with van der Waals surface area (Å²) in [5.74, 6) is -1.87. The van der Waals surface area contributed by atoms with Crippen molar-refractivity contribution in [1.82, 2.24) is 9.62 Å². The highest BCUT2D eigenvalue weighted by Crippen LogP contribution is 2.33. The molecule has 21 heavy (non-hydrogen) atoms. The number of nitrogens with one attached hydrogen (secondary N) is 1. The summed E-state index contributed by atoms with van der Waals surface area (Å²) in [5.41, 5.74) is -0.801. The van der Waals surface area contributed by atoms with Gasteiger partial charge >= 0.3 is 5.97 Å². The first-order valence-electron chi connectivity index (χ1n) is 7.26. The third-order valence-electron chi connectivity index (χ3n) is 4.45. The lowest BCUT2D eigenvalue weighted by Gasteiger charge is -2.40. The number of aliphatic carboxylic acids is 1. The number of amides is 1. The molecular weight excluding hydrogens is 296 g/mol. The van der Waals surface area contributed by atoms with Crippen molar-refractivity contribution in [2.75, 3.05) is 18.8 Å². The fourth-order valence-corrected chi connectivity index (χ4v) is 4.74. The van der Waals surface area contributed by atoms with E-state index in [0.29, 0.717) is 25.8 Å². The number of sulfonamides is 1. The average molecular weight is 318 g/mol. The molecule has 2 atom stereocenters. The number of nitrogens with zero attached hydrogens (tertiary/aromatic N) is 1. The Morgan fingerprint density at radius 1 is 1.33 bits per heavy atom. The molecule has 1 amide bonds. The zero-order valence-corrected chi connectivity index (χ0v) is 13.0. The first-order valence-corrected chi connectivity index (χ1v) is 8.87. The van der Waals surface area contributed by atoms with E-state index in [0.717, 1.165) is 12.8 Å². The van der Waals surface area contributed by atoms with E-state index in [1.54, 1.807) is 6.92 Å². The maximum absolute atomic E-state index is 12.1. The van der Waals surface area contributed by atoms with Crippen molar-refractivity contribution in [3.8, 4) is 0 Å². The van der Waals surface area contributed by atoms with Crippen LogP contribution in [0.15, 0.2) is 0 Å². The lowest BCUT2D eigenvalue weighted by atomic mass is 9.74. The van der Waals surface area contributed by atoms with Gasteiger partial charge < -0.3 is 10.4 Å². The molecular formula is C13H22N2O5S. The normalized spacial score (nSPS) is 32.7. The van der Waals surface area contributed by atoms with Gasteiger partial charge in [-0.1, -0.05) is 12.8 Å². The van der Waals surface area contributed by atoms with Crippen LogP contribution >= 0.6 is 0 Å². The summed E-state index contributed by atoms with van der Waals surface area (Å²) in [4.78, 5) is 23.5. The highest BCUT2D eigenvalue weighted by molar-refractivity contribution is 7.89. The molecule has 8 heteroatoms. The smallest absolute Gasteiger partial charge is 0.308 e. The van der Waals surface area contributed by atoms with Gasteiger partial charge in [0.1, 0.15) is 0 Å². The highest BCUT2D eigenvalue weighted by atomic mass is 32.2. The van der Waals surface area contributed by atoms with Gasteiger partial charge in [0.15, 0.2) is 0 Å². The molecule has 1 aliphatic carbocycles. The Bertz CT molecular complexity index is 533. The molecule has 1 aliphatic heterocycles. The van der Waals surface area contributed by atoms with E-state index in [1.165, 1.54) is 4.31 Å². The van der Waals surface area contributed by atoms with Crippen LogP contribution in [0.2, 0.25) is 0 Å². The summed E-state index contributed by atoms with van der Waals surface area (Å²) in [6.07, 6.45) is 3.37. The van der Waals surface area contributed by atoms with Gasteiger partial charge in [-0.2, -0.15) is 4.31 Å². The second-order valence-corrected chi connectivity index (χ2v) is 8.19. The number of carbonyl (C=O) groups excluding carboxylic acids is 1. The van der Waals surface area contributed by atoms with E-state index in [4.69, 9.17) is 0 Å². The second-order valence-electron chi connectivity index (χ2n) is 6.11. The minimum Gasteiger partial charge on any atom is -0.481 e. The number of rotatable bonds is 4. The molecule has 1 heterocycles. The second kappa shape index (κ2) is 5.92. The summed E-state index contributed by atoms with van der Waals surface area (Å²) >= 11 is 0. The third kappa shape index (κ3) is 3.55. The number of carboxylic acids is 1. The Hall–Kier alpha value is -1.15. The van der Waals surface area contributed by atoms with Gasteiger partial charge in [-0.05, 0) is 26.2 Å².